The molecule has 7 heteroatoms. The Morgan fingerprint density at radius 1 is 1.28 bits per heavy atom. The summed E-state index contributed by atoms with van der Waals surface area (Å²) in [5, 5.41) is 12.6. The maximum atomic E-state index is 4.65. The first-order valence-electron chi connectivity index (χ1n) is 9.25. The molecule has 5 nitrogen and oxygen atoms in total. The normalized spacial score (nSPS) is 20.4. The third-order valence-corrected chi connectivity index (χ3v) is 6.04. The number of rotatable bonds is 7. The van der Waals surface area contributed by atoms with Gasteiger partial charge in [0.15, 0.2) is 5.96 Å². The first-order valence-corrected chi connectivity index (χ1v) is 10.3. The Hall–Kier alpha value is -0.440. The molecule has 0 aliphatic heterocycles. The van der Waals surface area contributed by atoms with Gasteiger partial charge in [-0.15, -0.1) is 24.0 Å². The van der Waals surface area contributed by atoms with Crippen molar-refractivity contribution in [3.8, 4) is 0 Å². The maximum Gasteiger partial charge on any atom is 0.191 e. The number of aryl methyl sites for hydroxylation is 2. The summed E-state index contributed by atoms with van der Waals surface area (Å²) in [6.07, 6.45) is 5.77. The zero-order valence-corrected chi connectivity index (χ0v) is 19.4. The molecule has 0 spiro atoms. The molecule has 0 bridgehead atoms. The van der Waals surface area contributed by atoms with E-state index in [4.69, 9.17) is 0 Å². The average molecular weight is 479 g/mol. The van der Waals surface area contributed by atoms with E-state index in [1.165, 1.54) is 42.0 Å². The lowest BCUT2D eigenvalue weighted by Gasteiger charge is -2.18. The monoisotopic (exact) mass is 479 g/mol. The molecule has 144 valence electrons. The van der Waals surface area contributed by atoms with Gasteiger partial charge < -0.3 is 10.6 Å². The summed E-state index contributed by atoms with van der Waals surface area (Å²) >= 11 is 2.09. The number of aromatic nitrogens is 2. The Kier molecular flexibility index (Phi) is 10.2. The minimum Gasteiger partial charge on any atom is -0.354 e. The second-order valence-corrected chi connectivity index (χ2v) is 7.94. The molecule has 1 saturated carbocycles. The van der Waals surface area contributed by atoms with Crippen LogP contribution in [0.5, 0.6) is 0 Å². The first kappa shape index (κ1) is 22.6. The minimum atomic E-state index is 0. The van der Waals surface area contributed by atoms with Crippen molar-refractivity contribution >= 4 is 41.7 Å². The highest BCUT2D eigenvalue weighted by Gasteiger charge is 2.25. The van der Waals surface area contributed by atoms with E-state index < -0.39 is 0 Å². The summed E-state index contributed by atoms with van der Waals surface area (Å²) in [6.45, 7) is 7.40. The average Bonchev–Trinajstić information content (AvgIpc) is 3.15. The molecule has 1 fully saturated rings. The number of hydrogen-bond donors (Lipinski definition) is 2. The molecule has 1 aromatic rings. The highest BCUT2D eigenvalue weighted by Crippen LogP contribution is 2.29. The minimum absolute atomic E-state index is 0. The number of nitrogens with one attached hydrogen (secondary N) is 2. The van der Waals surface area contributed by atoms with Gasteiger partial charge in [-0.2, -0.15) is 16.9 Å². The summed E-state index contributed by atoms with van der Waals surface area (Å²) in [4.78, 5) is 4.42. The molecule has 2 unspecified atom stereocenters. The van der Waals surface area contributed by atoms with Crippen molar-refractivity contribution in [2.45, 2.75) is 70.7 Å². The molecular formula is C18H34IN5S. The van der Waals surface area contributed by atoms with Gasteiger partial charge in [-0.1, -0.05) is 20.8 Å². The van der Waals surface area contributed by atoms with Gasteiger partial charge in [0.05, 0.1) is 5.69 Å². The summed E-state index contributed by atoms with van der Waals surface area (Å²) < 4.78 is 2.02. The zero-order chi connectivity index (χ0) is 17.5. The third kappa shape index (κ3) is 6.05. The number of hydrogen-bond acceptors (Lipinski definition) is 3. The van der Waals surface area contributed by atoms with Crippen LogP contribution in [0.3, 0.4) is 0 Å². The predicted molar refractivity (Wildman–Crippen MR) is 120 cm³/mol. The largest absolute Gasteiger partial charge is 0.354 e. The lowest BCUT2D eigenvalue weighted by atomic mass is 10.1. The number of nitrogens with zero attached hydrogens (tertiary/aromatic N) is 3. The van der Waals surface area contributed by atoms with E-state index in [9.17, 15) is 0 Å². The molecule has 2 rings (SSSR count). The van der Waals surface area contributed by atoms with Crippen molar-refractivity contribution in [3.05, 3.63) is 17.0 Å². The van der Waals surface area contributed by atoms with E-state index in [1.54, 1.807) is 0 Å². The third-order valence-electron chi connectivity index (χ3n) is 4.81. The first-order chi connectivity index (χ1) is 11.6. The van der Waals surface area contributed by atoms with E-state index in [-0.39, 0.29) is 24.0 Å². The number of guanidine groups is 1. The Bertz CT molecular complexity index is 558. The van der Waals surface area contributed by atoms with Gasteiger partial charge in [0.1, 0.15) is 0 Å². The summed E-state index contributed by atoms with van der Waals surface area (Å²) in [5.41, 5.74) is 3.84. The molecule has 1 aliphatic carbocycles. The van der Waals surface area contributed by atoms with Crippen LogP contribution in [0, 0.1) is 0 Å². The number of thioether (sulfide) groups is 1. The SMILES string of the molecule is CCSC1CCC(NC(=NC)NCc2c(CC)nn(C)c2CC)C1.I. The Labute approximate surface area is 174 Å². The van der Waals surface area contributed by atoms with Crippen LogP contribution in [0.2, 0.25) is 0 Å². The standard InChI is InChI=1S/C18H33N5S.HI/c1-6-16-15(17(7-2)23(5)22-16)12-20-18(19-4)21-13-9-10-14(11-13)24-8-3;/h13-14H,6-12H2,1-5H3,(H2,19,20,21);1H. The second kappa shape index (κ2) is 11.3. The van der Waals surface area contributed by atoms with Crippen LogP contribution >= 0.6 is 35.7 Å². The summed E-state index contributed by atoms with van der Waals surface area (Å²) in [6, 6.07) is 0.547. The van der Waals surface area contributed by atoms with Crippen LogP contribution in [-0.2, 0) is 26.4 Å². The van der Waals surface area contributed by atoms with Gasteiger partial charge in [-0.25, -0.2) is 0 Å². The second-order valence-electron chi connectivity index (χ2n) is 6.36. The number of halogens is 1. The fourth-order valence-corrected chi connectivity index (χ4v) is 4.75. The molecule has 0 radical (unpaired) electrons. The topological polar surface area (TPSA) is 54.2 Å². The Morgan fingerprint density at radius 3 is 2.64 bits per heavy atom. The van der Waals surface area contributed by atoms with Crippen molar-refractivity contribution in [3.63, 3.8) is 0 Å². The predicted octanol–water partition coefficient (Wildman–Crippen LogP) is 3.50. The molecule has 2 atom stereocenters. The Balaban J connectivity index is 0.00000312. The van der Waals surface area contributed by atoms with E-state index in [1.807, 2.05) is 18.8 Å². The van der Waals surface area contributed by atoms with Crippen LogP contribution in [0.15, 0.2) is 4.99 Å². The molecule has 25 heavy (non-hydrogen) atoms. The molecular weight excluding hydrogens is 445 g/mol. The molecule has 0 amide bonds. The molecule has 0 saturated heterocycles. The number of aliphatic imine (C=N–C) groups is 1. The van der Waals surface area contributed by atoms with E-state index in [0.717, 1.165) is 30.6 Å². The van der Waals surface area contributed by atoms with Crippen LogP contribution in [0.25, 0.3) is 0 Å². The fourth-order valence-electron chi connectivity index (χ4n) is 3.61. The van der Waals surface area contributed by atoms with Crippen molar-refractivity contribution in [1.82, 2.24) is 20.4 Å². The van der Waals surface area contributed by atoms with Gasteiger partial charge in [-0.05, 0) is 37.9 Å². The van der Waals surface area contributed by atoms with Crippen molar-refractivity contribution in [1.29, 1.82) is 0 Å². The Morgan fingerprint density at radius 2 is 2.04 bits per heavy atom. The van der Waals surface area contributed by atoms with Crippen molar-refractivity contribution in [2.24, 2.45) is 12.0 Å². The van der Waals surface area contributed by atoms with Crippen molar-refractivity contribution < 1.29 is 0 Å². The summed E-state index contributed by atoms with van der Waals surface area (Å²) in [5.74, 6) is 2.13. The zero-order valence-electron chi connectivity index (χ0n) is 16.3. The van der Waals surface area contributed by atoms with Crippen LogP contribution < -0.4 is 10.6 Å². The quantitative estimate of drug-likeness (QED) is 0.357. The van der Waals surface area contributed by atoms with E-state index in [2.05, 4.69) is 53.3 Å². The lowest BCUT2D eigenvalue weighted by Crippen LogP contribution is -2.42. The highest BCUT2D eigenvalue weighted by atomic mass is 127. The summed E-state index contributed by atoms with van der Waals surface area (Å²) in [7, 11) is 3.89. The van der Waals surface area contributed by atoms with E-state index in [0.29, 0.717) is 6.04 Å². The van der Waals surface area contributed by atoms with Crippen LogP contribution in [-0.4, -0.2) is 39.8 Å². The van der Waals surface area contributed by atoms with Gasteiger partial charge in [0.25, 0.3) is 0 Å². The van der Waals surface area contributed by atoms with Crippen molar-refractivity contribution in [2.75, 3.05) is 12.8 Å². The van der Waals surface area contributed by atoms with Crippen LogP contribution in [0.4, 0.5) is 0 Å². The van der Waals surface area contributed by atoms with Gasteiger partial charge >= 0.3 is 0 Å². The van der Waals surface area contributed by atoms with Gasteiger partial charge in [-0.3, -0.25) is 9.67 Å². The lowest BCUT2D eigenvalue weighted by molar-refractivity contribution is 0.614. The van der Waals surface area contributed by atoms with Gasteiger partial charge in [0.2, 0.25) is 0 Å². The maximum absolute atomic E-state index is 4.65. The molecule has 1 aromatic heterocycles. The molecule has 0 aromatic carbocycles. The van der Waals surface area contributed by atoms with Crippen LogP contribution in [0.1, 0.15) is 57.0 Å². The fraction of sp³-hybridized carbons (Fsp3) is 0.778. The molecule has 2 N–H and O–H groups in total. The molecule has 1 heterocycles. The smallest absolute Gasteiger partial charge is 0.191 e. The molecule has 1 aliphatic rings. The highest BCUT2D eigenvalue weighted by molar-refractivity contribution is 14.0. The van der Waals surface area contributed by atoms with Gasteiger partial charge in [0, 0.05) is 43.2 Å². The van der Waals surface area contributed by atoms with E-state index >= 15 is 0 Å².